The van der Waals surface area contributed by atoms with Gasteiger partial charge in [0.05, 0.1) is 10.6 Å². The minimum absolute atomic E-state index is 0. The minimum atomic E-state index is -0.149. The van der Waals surface area contributed by atoms with Crippen LogP contribution in [-0.2, 0) is 4.74 Å². The molecular formula is C14H20Cl2N2O2. The molecule has 20 heavy (non-hydrogen) atoms. The van der Waals surface area contributed by atoms with E-state index in [2.05, 4.69) is 5.32 Å². The maximum absolute atomic E-state index is 12.2. The molecule has 1 saturated heterocycles. The monoisotopic (exact) mass is 318 g/mol. The minimum Gasteiger partial charge on any atom is -0.399 e. The summed E-state index contributed by atoms with van der Waals surface area (Å²) in [5, 5.41) is 3.39. The summed E-state index contributed by atoms with van der Waals surface area (Å²) < 4.78 is 5.32. The molecule has 1 unspecified atom stereocenters. The average molecular weight is 319 g/mol. The van der Waals surface area contributed by atoms with Crippen LogP contribution >= 0.6 is 24.0 Å². The summed E-state index contributed by atoms with van der Waals surface area (Å²) in [4.78, 5) is 12.2. The predicted octanol–water partition coefficient (Wildman–Crippen LogP) is 2.89. The van der Waals surface area contributed by atoms with Crippen LogP contribution in [0.15, 0.2) is 18.2 Å². The number of carbonyl (C=O) groups excluding carboxylic acids is 1. The van der Waals surface area contributed by atoms with Gasteiger partial charge in [-0.3, -0.25) is 4.79 Å². The van der Waals surface area contributed by atoms with Crippen molar-refractivity contribution in [2.24, 2.45) is 5.92 Å². The maximum Gasteiger partial charge on any atom is 0.253 e. The van der Waals surface area contributed by atoms with Crippen LogP contribution in [0.5, 0.6) is 0 Å². The van der Waals surface area contributed by atoms with Gasteiger partial charge in [0.2, 0.25) is 0 Å². The van der Waals surface area contributed by atoms with E-state index in [4.69, 9.17) is 22.1 Å². The van der Waals surface area contributed by atoms with Crippen molar-refractivity contribution in [2.75, 3.05) is 18.9 Å². The third kappa shape index (κ3) is 4.27. The number of hydrogen-bond acceptors (Lipinski definition) is 3. The summed E-state index contributed by atoms with van der Waals surface area (Å²) >= 11 is 6.03. The van der Waals surface area contributed by atoms with Gasteiger partial charge in [-0.05, 0) is 43.9 Å². The molecule has 1 aliphatic rings. The van der Waals surface area contributed by atoms with E-state index in [1.54, 1.807) is 18.2 Å². The molecule has 1 heterocycles. The first-order valence-corrected chi connectivity index (χ1v) is 6.89. The number of rotatable bonds is 3. The second-order valence-corrected chi connectivity index (χ2v) is 5.36. The van der Waals surface area contributed by atoms with Gasteiger partial charge in [-0.2, -0.15) is 0 Å². The highest BCUT2D eigenvalue weighted by Gasteiger charge is 2.22. The summed E-state index contributed by atoms with van der Waals surface area (Å²) in [6.45, 7) is 3.57. The number of nitrogens with one attached hydrogen (secondary N) is 1. The van der Waals surface area contributed by atoms with Gasteiger partial charge < -0.3 is 15.8 Å². The first-order valence-electron chi connectivity index (χ1n) is 6.51. The van der Waals surface area contributed by atoms with E-state index in [1.807, 2.05) is 6.92 Å². The lowest BCUT2D eigenvalue weighted by Crippen LogP contribution is -2.40. The van der Waals surface area contributed by atoms with Crippen LogP contribution in [0.1, 0.15) is 30.1 Å². The molecule has 1 amide bonds. The summed E-state index contributed by atoms with van der Waals surface area (Å²) in [5.41, 5.74) is 6.64. The van der Waals surface area contributed by atoms with Gasteiger partial charge in [0.1, 0.15) is 0 Å². The van der Waals surface area contributed by atoms with Crippen molar-refractivity contribution in [3.8, 4) is 0 Å². The molecule has 3 N–H and O–H groups in total. The number of benzene rings is 1. The fourth-order valence-electron chi connectivity index (χ4n) is 2.33. The van der Waals surface area contributed by atoms with Crippen molar-refractivity contribution in [2.45, 2.75) is 25.8 Å². The highest BCUT2D eigenvalue weighted by molar-refractivity contribution is 6.34. The SMILES string of the molecule is CC(NC(=O)c1ccc(N)cc1Cl)C1CCOCC1.Cl. The third-order valence-corrected chi connectivity index (χ3v) is 3.88. The van der Waals surface area contributed by atoms with Crippen molar-refractivity contribution in [1.29, 1.82) is 0 Å². The molecule has 112 valence electrons. The molecule has 2 rings (SSSR count). The molecule has 1 aromatic rings. The lowest BCUT2D eigenvalue weighted by atomic mass is 9.93. The quantitative estimate of drug-likeness (QED) is 0.842. The Hall–Kier alpha value is -0.970. The molecule has 0 bridgehead atoms. The van der Waals surface area contributed by atoms with Gasteiger partial charge in [-0.25, -0.2) is 0 Å². The Morgan fingerprint density at radius 2 is 2.10 bits per heavy atom. The Kier molecular flexibility index (Phi) is 6.59. The average Bonchev–Trinajstić information content (AvgIpc) is 2.39. The smallest absolute Gasteiger partial charge is 0.253 e. The molecule has 6 heteroatoms. The molecule has 0 aliphatic carbocycles. The van der Waals surface area contributed by atoms with E-state index >= 15 is 0 Å². The van der Waals surface area contributed by atoms with E-state index in [-0.39, 0.29) is 24.4 Å². The zero-order valence-corrected chi connectivity index (χ0v) is 13.0. The molecule has 4 nitrogen and oxygen atoms in total. The summed E-state index contributed by atoms with van der Waals surface area (Å²) in [7, 11) is 0. The van der Waals surface area contributed by atoms with Gasteiger partial charge in [0.15, 0.2) is 0 Å². The van der Waals surface area contributed by atoms with Crippen LogP contribution in [0, 0.1) is 5.92 Å². The fourth-order valence-corrected chi connectivity index (χ4v) is 2.61. The Morgan fingerprint density at radius 3 is 2.70 bits per heavy atom. The van der Waals surface area contributed by atoms with E-state index in [0.29, 0.717) is 22.2 Å². The second-order valence-electron chi connectivity index (χ2n) is 4.95. The lowest BCUT2D eigenvalue weighted by molar-refractivity contribution is 0.0538. The molecule has 1 fully saturated rings. The molecule has 0 aromatic heterocycles. The number of amides is 1. The second kappa shape index (κ2) is 7.72. The molecule has 1 atom stereocenters. The van der Waals surface area contributed by atoms with Crippen molar-refractivity contribution in [3.05, 3.63) is 28.8 Å². The van der Waals surface area contributed by atoms with Crippen LogP contribution in [0.3, 0.4) is 0 Å². The Bertz CT molecular complexity index is 462. The molecule has 1 aliphatic heterocycles. The van der Waals surface area contributed by atoms with Gasteiger partial charge in [-0.1, -0.05) is 11.6 Å². The van der Waals surface area contributed by atoms with Crippen LogP contribution in [0.25, 0.3) is 0 Å². The first kappa shape index (κ1) is 17.1. The van der Waals surface area contributed by atoms with Crippen molar-refractivity contribution in [1.82, 2.24) is 5.32 Å². The zero-order valence-electron chi connectivity index (χ0n) is 11.4. The van der Waals surface area contributed by atoms with Gasteiger partial charge in [0.25, 0.3) is 5.91 Å². The molecule has 1 aromatic carbocycles. The molecular weight excluding hydrogens is 299 g/mol. The Morgan fingerprint density at radius 1 is 1.45 bits per heavy atom. The van der Waals surface area contributed by atoms with Crippen LogP contribution < -0.4 is 11.1 Å². The first-order chi connectivity index (χ1) is 9.08. The highest BCUT2D eigenvalue weighted by atomic mass is 35.5. The van der Waals surface area contributed by atoms with Crippen LogP contribution in [0.4, 0.5) is 5.69 Å². The number of nitrogen functional groups attached to an aromatic ring is 1. The van der Waals surface area contributed by atoms with E-state index in [0.717, 1.165) is 26.1 Å². The maximum atomic E-state index is 12.2. The van der Waals surface area contributed by atoms with Gasteiger partial charge in [-0.15, -0.1) is 12.4 Å². The van der Waals surface area contributed by atoms with Gasteiger partial charge >= 0.3 is 0 Å². The standard InChI is InChI=1S/C14H19ClN2O2.ClH/c1-9(10-4-6-19-7-5-10)17-14(18)12-3-2-11(16)8-13(12)15;/h2-3,8-10H,4-7,16H2,1H3,(H,17,18);1H. The zero-order chi connectivity index (χ0) is 13.8. The summed E-state index contributed by atoms with van der Waals surface area (Å²) in [6, 6.07) is 5.05. The fraction of sp³-hybridized carbons (Fsp3) is 0.500. The lowest BCUT2D eigenvalue weighted by Gasteiger charge is -2.28. The number of carbonyl (C=O) groups is 1. The highest BCUT2D eigenvalue weighted by Crippen LogP contribution is 2.21. The molecule has 0 saturated carbocycles. The number of nitrogens with two attached hydrogens (primary N) is 1. The van der Waals surface area contributed by atoms with Crippen molar-refractivity contribution in [3.63, 3.8) is 0 Å². The molecule has 0 radical (unpaired) electrons. The predicted molar refractivity (Wildman–Crippen MR) is 83.6 cm³/mol. The molecule has 0 spiro atoms. The number of hydrogen-bond donors (Lipinski definition) is 2. The van der Waals surface area contributed by atoms with E-state index < -0.39 is 0 Å². The van der Waals surface area contributed by atoms with Crippen LogP contribution in [-0.4, -0.2) is 25.2 Å². The number of anilines is 1. The largest absolute Gasteiger partial charge is 0.399 e. The third-order valence-electron chi connectivity index (χ3n) is 3.57. The normalized spacial score (nSPS) is 17.1. The summed E-state index contributed by atoms with van der Waals surface area (Å²) in [5.74, 6) is 0.314. The van der Waals surface area contributed by atoms with E-state index in [1.165, 1.54) is 0 Å². The number of halogens is 2. The van der Waals surface area contributed by atoms with Crippen LogP contribution in [0.2, 0.25) is 5.02 Å². The van der Waals surface area contributed by atoms with Crippen molar-refractivity contribution >= 4 is 35.6 Å². The topological polar surface area (TPSA) is 64.4 Å². The number of ether oxygens (including phenoxy) is 1. The van der Waals surface area contributed by atoms with Gasteiger partial charge in [0, 0.05) is 24.9 Å². The Balaban J connectivity index is 0.00000200. The van der Waals surface area contributed by atoms with E-state index in [9.17, 15) is 4.79 Å². The van der Waals surface area contributed by atoms with Crippen molar-refractivity contribution < 1.29 is 9.53 Å². The summed E-state index contributed by atoms with van der Waals surface area (Å²) in [6.07, 6.45) is 1.97. The Labute approximate surface area is 130 Å².